The maximum atomic E-state index is 13.3. The number of anilines is 2. The van der Waals surface area contributed by atoms with Gasteiger partial charge in [0.05, 0.1) is 27.7 Å². The standard InChI is InChI=1S/C23H23N5O2S/c1-13(2)28-22-18(12-24-28)17(11-20(27-22)21-6-5-9-31-21)23(30)26-16-7-8-19(14(3)10-16)25-15(4)29/h5-13H,1-4H3,(H,25,29)(H,26,30). The summed E-state index contributed by atoms with van der Waals surface area (Å²) in [5, 5.41) is 12.9. The van der Waals surface area contributed by atoms with Crippen LogP contribution in [0.5, 0.6) is 0 Å². The van der Waals surface area contributed by atoms with E-state index < -0.39 is 0 Å². The van der Waals surface area contributed by atoms with Crippen molar-refractivity contribution in [1.82, 2.24) is 14.8 Å². The summed E-state index contributed by atoms with van der Waals surface area (Å²) >= 11 is 1.58. The number of rotatable bonds is 5. The Balaban J connectivity index is 1.74. The van der Waals surface area contributed by atoms with Crippen LogP contribution in [-0.4, -0.2) is 26.6 Å². The first kappa shape index (κ1) is 20.7. The normalized spacial score (nSPS) is 11.1. The number of carbonyl (C=O) groups excluding carboxylic acids is 2. The topological polar surface area (TPSA) is 88.9 Å². The number of fused-ring (bicyclic) bond motifs is 1. The molecule has 4 aromatic rings. The minimum atomic E-state index is -0.236. The number of thiophene rings is 1. The highest BCUT2D eigenvalue weighted by Gasteiger charge is 2.19. The fraction of sp³-hybridized carbons (Fsp3) is 0.217. The molecule has 0 aliphatic carbocycles. The summed E-state index contributed by atoms with van der Waals surface area (Å²) in [7, 11) is 0. The molecule has 0 bridgehead atoms. The molecule has 4 rings (SSSR count). The molecule has 0 saturated heterocycles. The zero-order valence-electron chi connectivity index (χ0n) is 17.8. The van der Waals surface area contributed by atoms with E-state index in [2.05, 4.69) is 15.7 Å². The molecular formula is C23H23N5O2S. The van der Waals surface area contributed by atoms with Gasteiger partial charge in [-0.2, -0.15) is 5.10 Å². The number of aromatic nitrogens is 3. The third kappa shape index (κ3) is 4.20. The summed E-state index contributed by atoms with van der Waals surface area (Å²) in [6.07, 6.45) is 1.70. The predicted molar refractivity (Wildman–Crippen MR) is 125 cm³/mol. The van der Waals surface area contributed by atoms with Crippen molar-refractivity contribution in [1.29, 1.82) is 0 Å². The molecule has 0 unspecified atom stereocenters. The van der Waals surface area contributed by atoms with Gasteiger partial charge in [-0.15, -0.1) is 11.3 Å². The largest absolute Gasteiger partial charge is 0.326 e. The Hall–Kier alpha value is -3.52. The lowest BCUT2D eigenvalue weighted by Crippen LogP contribution is -2.14. The first-order valence-electron chi connectivity index (χ1n) is 9.95. The van der Waals surface area contributed by atoms with E-state index in [0.717, 1.165) is 21.8 Å². The quantitative estimate of drug-likeness (QED) is 0.449. The predicted octanol–water partition coefficient (Wildman–Crippen LogP) is 5.26. The number of nitrogens with one attached hydrogen (secondary N) is 2. The van der Waals surface area contributed by atoms with Gasteiger partial charge < -0.3 is 10.6 Å². The van der Waals surface area contributed by atoms with Gasteiger partial charge in [-0.25, -0.2) is 9.67 Å². The summed E-state index contributed by atoms with van der Waals surface area (Å²) in [6.45, 7) is 7.41. The molecule has 158 valence electrons. The van der Waals surface area contributed by atoms with Crippen molar-refractivity contribution in [2.24, 2.45) is 0 Å². The lowest BCUT2D eigenvalue weighted by atomic mass is 10.1. The van der Waals surface area contributed by atoms with Gasteiger partial charge in [0.15, 0.2) is 5.65 Å². The number of hydrogen-bond donors (Lipinski definition) is 2. The van der Waals surface area contributed by atoms with E-state index in [9.17, 15) is 9.59 Å². The number of pyridine rings is 1. The van der Waals surface area contributed by atoms with Crippen LogP contribution in [-0.2, 0) is 4.79 Å². The van der Waals surface area contributed by atoms with E-state index >= 15 is 0 Å². The van der Waals surface area contributed by atoms with Gasteiger partial charge in [-0.1, -0.05) is 6.07 Å². The fourth-order valence-corrected chi connectivity index (χ4v) is 4.09. The maximum absolute atomic E-state index is 13.3. The number of carbonyl (C=O) groups is 2. The lowest BCUT2D eigenvalue weighted by Gasteiger charge is -2.12. The van der Waals surface area contributed by atoms with E-state index in [1.807, 2.05) is 55.1 Å². The minimum absolute atomic E-state index is 0.114. The second-order valence-corrected chi connectivity index (χ2v) is 8.57. The van der Waals surface area contributed by atoms with Crippen LogP contribution >= 0.6 is 11.3 Å². The molecule has 0 aliphatic heterocycles. The maximum Gasteiger partial charge on any atom is 0.256 e. The Labute approximate surface area is 184 Å². The summed E-state index contributed by atoms with van der Waals surface area (Å²) in [5.74, 6) is -0.373. The van der Waals surface area contributed by atoms with E-state index in [0.29, 0.717) is 22.3 Å². The first-order valence-corrected chi connectivity index (χ1v) is 10.8. The molecule has 2 amide bonds. The molecule has 7 nitrogen and oxygen atoms in total. The molecule has 3 heterocycles. The molecule has 0 aliphatic rings. The summed E-state index contributed by atoms with van der Waals surface area (Å²) in [6, 6.07) is 11.3. The molecule has 3 aromatic heterocycles. The van der Waals surface area contributed by atoms with Crippen molar-refractivity contribution >= 4 is 45.6 Å². The molecule has 8 heteroatoms. The van der Waals surface area contributed by atoms with Gasteiger partial charge in [0.25, 0.3) is 5.91 Å². The van der Waals surface area contributed by atoms with Crippen LogP contribution in [0.1, 0.15) is 42.7 Å². The van der Waals surface area contributed by atoms with Gasteiger partial charge in [0, 0.05) is 24.3 Å². The Morgan fingerprint density at radius 1 is 1.13 bits per heavy atom. The molecule has 1 aromatic carbocycles. The van der Waals surface area contributed by atoms with Crippen LogP contribution in [0.15, 0.2) is 48.0 Å². The molecule has 0 saturated carbocycles. The van der Waals surface area contributed by atoms with Crippen LogP contribution in [0.25, 0.3) is 21.6 Å². The lowest BCUT2D eigenvalue weighted by molar-refractivity contribution is -0.114. The van der Waals surface area contributed by atoms with Crippen molar-refractivity contribution in [3.05, 3.63) is 59.1 Å². The average molecular weight is 434 g/mol. The molecule has 2 N–H and O–H groups in total. The minimum Gasteiger partial charge on any atom is -0.326 e. The van der Waals surface area contributed by atoms with Crippen molar-refractivity contribution in [2.45, 2.75) is 33.7 Å². The molecule has 0 fully saturated rings. The van der Waals surface area contributed by atoms with Gasteiger partial charge in [-0.05, 0) is 62.0 Å². The monoisotopic (exact) mass is 433 g/mol. The Bertz CT molecular complexity index is 1270. The summed E-state index contributed by atoms with van der Waals surface area (Å²) in [5.41, 5.74) is 4.17. The van der Waals surface area contributed by atoms with Crippen LogP contribution in [0.4, 0.5) is 11.4 Å². The molecule has 0 atom stereocenters. The molecular weight excluding hydrogens is 410 g/mol. The zero-order valence-corrected chi connectivity index (χ0v) is 18.6. The summed E-state index contributed by atoms with van der Waals surface area (Å²) < 4.78 is 1.83. The second-order valence-electron chi connectivity index (χ2n) is 7.62. The van der Waals surface area contributed by atoms with Crippen molar-refractivity contribution < 1.29 is 9.59 Å². The van der Waals surface area contributed by atoms with Crippen molar-refractivity contribution in [3.63, 3.8) is 0 Å². The van der Waals surface area contributed by atoms with Gasteiger partial charge in [0.1, 0.15) is 0 Å². The van der Waals surface area contributed by atoms with Crippen LogP contribution < -0.4 is 10.6 Å². The van der Waals surface area contributed by atoms with E-state index in [-0.39, 0.29) is 17.9 Å². The highest BCUT2D eigenvalue weighted by atomic mass is 32.1. The highest BCUT2D eigenvalue weighted by Crippen LogP contribution is 2.29. The van der Waals surface area contributed by atoms with E-state index in [1.165, 1.54) is 6.92 Å². The van der Waals surface area contributed by atoms with Gasteiger partial charge in [0.2, 0.25) is 5.91 Å². The molecule has 0 radical (unpaired) electrons. The number of hydrogen-bond acceptors (Lipinski definition) is 5. The Morgan fingerprint density at radius 3 is 2.58 bits per heavy atom. The highest BCUT2D eigenvalue weighted by molar-refractivity contribution is 7.13. The number of amides is 2. The van der Waals surface area contributed by atoms with Crippen molar-refractivity contribution in [3.8, 4) is 10.6 Å². The SMILES string of the molecule is CC(=O)Nc1ccc(NC(=O)c2cc(-c3cccs3)nc3c2cnn3C(C)C)cc1C. The van der Waals surface area contributed by atoms with Crippen molar-refractivity contribution in [2.75, 3.05) is 10.6 Å². The fourth-order valence-electron chi connectivity index (χ4n) is 3.40. The first-order chi connectivity index (χ1) is 14.8. The van der Waals surface area contributed by atoms with Crippen LogP contribution in [0.2, 0.25) is 0 Å². The molecule has 31 heavy (non-hydrogen) atoms. The zero-order chi connectivity index (χ0) is 22.1. The third-order valence-corrected chi connectivity index (χ3v) is 5.76. The van der Waals surface area contributed by atoms with Gasteiger partial charge in [-0.3, -0.25) is 9.59 Å². The smallest absolute Gasteiger partial charge is 0.256 e. The molecule has 0 spiro atoms. The Kier molecular flexibility index (Phi) is 5.56. The number of aryl methyl sites for hydroxylation is 1. The van der Waals surface area contributed by atoms with Crippen LogP contribution in [0.3, 0.4) is 0 Å². The average Bonchev–Trinajstić information content (AvgIpc) is 3.38. The number of benzene rings is 1. The second kappa shape index (κ2) is 8.31. The number of nitrogens with zero attached hydrogens (tertiary/aromatic N) is 3. The van der Waals surface area contributed by atoms with E-state index in [1.54, 1.807) is 29.7 Å². The van der Waals surface area contributed by atoms with E-state index in [4.69, 9.17) is 4.98 Å². The van der Waals surface area contributed by atoms with Crippen LogP contribution in [0, 0.1) is 6.92 Å². The summed E-state index contributed by atoms with van der Waals surface area (Å²) in [4.78, 5) is 30.4. The Morgan fingerprint density at radius 2 is 1.94 bits per heavy atom. The van der Waals surface area contributed by atoms with Gasteiger partial charge >= 0.3 is 0 Å². The third-order valence-electron chi connectivity index (χ3n) is 4.87.